The van der Waals surface area contributed by atoms with Gasteiger partial charge in [0.25, 0.3) is 5.91 Å². The zero-order chi connectivity index (χ0) is 14.7. The van der Waals surface area contributed by atoms with Crippen LogP contribution >= 0.6 is 0 Å². The molecule has 21 heavy (non-hydrogen) atoms. The second-order valence-corrected chi connectivity index (χ2v) is 5.66. The van der Waals surface area contributed by atoms with Crippen LogP contribution in [-0.4, -0.2) is 46.7 Å². The van der Waals surface area contributed by atoms with Gasteiger partial charge in [0.15, 0.2) is 0 Å². The zero-order valence-electron chi connectivity index (χ0n) is 12.4. The standard InChI is InChI=1S/C16H22N4O/c1-2-20(11-14-5-3-4-8-17-14)16(21)12-6-7-13-10-18-19-15(13)9-12/h6-7,9-10,14,17H,2-5,8,11H2,1H3,(H,18,19). The van der Waals surface area contributed by atoms with E-state index < -0.39 is 0 Å². The van der Waals surface area contributed by atoms with E-state index in [9.17, 15) is 4.79 Å². The summed E-state index contributed by atoms with van der Waals surface area (Å²) in [5, 5.41) is 11.5. The van der Waals surface area contributed by atoms with Gasteiger partial charge in [-0.25, -0.2) is 0 Å². The van der Waals surface area contributed by atoms with Gasteiger partial charge < -0.3 is 10.2 Å². The van der Waals surface area contributed by atoms with Crippen molar-refractivity contribution in [2.24, 2.45) is 0 Å². The quantitative estimate of drug-likeness (QED) is 0.905. The van der Waals surface area contributed by atoms with Gasteiger partial charge in [0.1, 0.15) is 0 Å². The number of benzene rings is 1. The number of nitrogens with zero attached hydrogens (tertiary/aromatic N) is 2. The van der Waals surface area contributed by atoms with Crippen molar-refractivity contribution < 1.29 is 4.79 Å². The highest BCUT2D eigenvalue weighted by Crippen LogP contribution is 2.16. The molecule has 0 aliphatic carbocycles. The molecule has 1 fully saturated rings. The number of hydrogen-bond acceptors (Lipinski definition) is 3. The number of amides is 1. The summed E-state index contributed by atoms with van der Waals surface area (Å²) in [7, 11) is 0. The van der Waals surface area contributed by atoms with Crippen LogP contribution in [0.15, 0.2) is 24.4 Å². The van der Waals surface area contributed by atoms with Crippen molar-refractivity contribution in [3.05, 3.63) is 30.0 Å². The Bertz CT molecular complexity index is 616. The third-order valence-corrected chi connectivity index (χ3v) is 4.21. The third-order valence-electron chi connectivity index (χ3n) is 4.21. The van der Waals surface area contributed by atoms with Gasteiger partial charge >= 0.3 is 0 Å². The normalized spacial score (nSPS) is 18.8. The van der Waals surface area contributed by atoms with Crippen molar-refractivity contribution in [3.63, 3.8) is 0 Å². The van der Waals surface area contributed by atoms with E-state index in [1.807, 2.05) is 30.0 Å². The molecule has 2 aromatic rings. The third kappa shape index (κ3) is 3.08. The van der Waals surface area contributed by atoms with E-state index in [0.29, 0.717) is 6.04 Å². The summed E-state index contributed by atoms with van der Waals surface area (Å²) in [6, 6.07) is 6.15. The van der Waals surface area contributed by atoms with Gasteiger partial charge in [-0.2, -0.15) is 5.10 Å². The first-order chi connectivity index (χ1) is 10.3. The Labute approximate surface area is 124 Å². The summed E-state index contributed by atoms with van der Waals surface area (Å²) in [6.07, 6.45) is 5.42. The Morgan fingerprint density at radius 3 is 3.10 bits per heavy atom. The Morgan fingerprint density at radius 2 is 2.33 bits per heavy atom. The number of aromatic amines is 1. The van der Waals surface area contributed by atoms with E-state index in [1.54, 1.807) is 6.20 Å². The summed E-state index contributed by atoms with van der Waals surface area (Å²) >= 11 is 0. The molecule has 0 spiro atoms. The molecular weight excluding hydrogens is 264 g/mol. The number of H-pyrrole nitrogens is 1. The molecule has 0 saturated carbocycles. The van der Waals surface area contributed by atoms with E-state index in [4.69, 9.17) is 0 Å². The lowest BCUT2D eigenvalue weighted by molar-refractivity contribution is 0.0741. The first-order valence-corrected chi connectivity index (χ1v) is 7.73. The number of carbonyl (C=O) groups excluding carboxylic acids is 1. The van der Waals surface area contributed by atoms with Gasteiger partial charge in [-0.3, -0.25) is 9.89 Å². The summed E-state index contributed by atoms with van der Waals surface area (Å²) in [6.45, 7) is 4.63. The summed E-state index contributed by atoms with van der Waals surface area (Å²) < 4.78 is 0. The molecule has 1 aliphatic heterocycles. The van der Waals surface area contributed by atoms with Gasteiger partial charge in [0.2, 0.25) is 0 Å². The average Bonchev–Trinajstić information content (AvgIpc) is 3.00. The molecule has 2 N–H and O–H groups in total. The van der Waals surface area contributed by atoms with Crippen molar-refractivity contribution in [1.82, 2.24) is 20.4 Å². The maximum absolute atomic E-state index is 12.7. The summed E-state index contributed by atoms with van der Waals surface area (Å²) in [4.78, 5) is 14.6. The summed E-state index contributed by atoms with van der Waals surface area (Å²) in [5.74, 6) is 0.0985. The lowest BCUT2D eigenvalue weighted by Crippen LogP contribution is -2.45. The minimum atomic E-state index is 0.0985. The smallest absolute Gasteiger partial charge is 0.253 e. The number of hydrogen-bond donors (Lipinski definition) is 2. The number of likely N-dealkylation sites (N-methyl/N-ethyl adjacent to an activating group) is 1. The number of piperidine rings is 1. The number of aromatic nitrogens is 2. The fraction of sp³-hybridized carbons (Fsp3) is 0.500. The van der Waals surface area contributed by atoms with Gasteiger partial charge in [-0.15, -0.1) is 0 Å². The van der Waals surface area contributed by atoms with Crippen LogP contribution in [0.1, 0.15) is 36.5 Å². The highest BCUT2D eigenvalue weighted by Gasteiger charge is 2.20. The van der Waals surface area contributed by atoms with E-state index in [-0.39, 0.29) is 5.91 Å². The number of rotatable bonds is 4. The molecule has 0 radical (unpaired) electrons. The average molecular weight is 286 g/mol. The van der Waals surface area contributed by atoms with Gasteiger partial charge in [0.05, 0.1) is 11.7 Å². The highest BCUT2D eigenvalue weighted by atomic mass is 16.2. The molecular formula is C16H22N4O. The number of carbonyl (C=O) groups is 1. The van der Waals surface area contributed by atoms with Crippen molar-refractivity contribution in [1.29, 1.82) is 0 Å². The molecule has 1 unspecified atom stereocenters. The van der Waals surface area contributed by atoms with Crippen LogP contribution in [0.2, 0.25) is 0 Å². The zero-order valence-corrected chi connectivity index (χ0v) is 12.4. The Morgan fingerprint density at radius 1 is 1.43 bits per heavy atom. The van der Waals surface area contributed by atoms with Gasteiger partial charge in [-0.1, -0.05) is 12.5 Å². The number of nitrogens with one attached hydrogen (secondary N) is 2. The fourth-order valence-electron chi connectivity index (χ4n) is 2.95. The van der Waals surface area contributed by atoms with Crippen LogP contribution in [0.3, 0.4) is 0 Å². The van der Waals surface area contributed by atoms with Crippen molar-refractivity contribution in [2.75, 3.05) is 19.6 Å². The van der Waals surface area contributed by atoms with Crippen LogP contribution in [0.25, 0.3) is 10.9 Å². The molecule has 1 saturated heterocycles. The fourth-order valence-corrected chi connectivity index (χ4v) is 2.95. The molecule has 5 heteroatoms. The van der Waals surface area contributed by atoms with Crippen LogP contribution in [0, 0.1) is 0 Å². The largest absolute Gasteiger partial charge is 0.337 e. The second kappa shape index (κ2) is 6.26. The molecule has 1 atom stereocenters. The predicted molar refractivity (Wildman–Crippen MR) is 83.3 cm³/mol. The maximum Gasteiger partial charge on any atom is 0.253 e. The molecule has 5 nitrogen and oxygen atoms in total. The number of fused-ring (bicyclic) bond motifs is 1. The lowest BCUT2D eigenvalue weighted by Gasteiger charge is -2.30. The van der Waals surface area contributed by atoms with Crippen LogP contribution in [0.4, 0.5) is 0 Å². The highest BCUT2D eigenvalue weighted by molar-refractivity contribution is 5.97. The van der Waals surface area contributed by atoms with Gasteiger partial charge in [0, 0.05) is 30.1 Å². The minimum Gasteiger partial charge on any atom is -0.337 e. The van der Waals surface area contributed by atoms with E-state index in [2.05, 4.69) is 15.5 Å². The van der Waals surface area contributed by atoms with Crippen LogP contribution in [-0.2, 0) is 0 Å². The second-order valence-electron chi connectivity index (χ2n) is 5.66. The van der Waals surface area contributed by atoms with Crippen LogP contribution < -0.4 is 5.32 Å². The Hall–Kier alpha value is -1.88. The molecule has 1 aliphatic rings. The van der Waals surface area contributed by atoms with Crippen molar-refractivity contribution in [2.45, 2.75) is 32.2 Å². The van der Waals surface area contributed by atoms with E-state index in [0.717, 1.165) is 42.5 Å². The van der Waals surface area contributed by atoms with E-state index in [1.165, 1.54) is 12.8 Å². The van der Waals surface area contributed by atoms with Gasteiger partial charge in [-0.05, 0) is 38.4 Å². The SMILES string of the molecule is CCN(CC1CCCCN1)C(=O)c1ccc2cn[nH]c2c1. The lowest BCUT2D eigenvalue weighted by atomic mass is 10.0. The van der Waals surface area contributed by atoms with E-state index >= 15 is 0 Å². The maximum atomic E-state index is 12.7. The van der Waals surface area contributed by atoms with Crippen molar-refractivity contribution in [3.8, 4) is 0 Å². The predicted octanol–water partition coefficient (Wildman–Crippen LogP) is 2.17. The Balaban J connectivity index is 1.74. The Kier molecular flexibility index (Phi) is 4.20. The molecule has 1 amide bonds. The molecule has 2 heterocycles. The first-order valence-electron chi connectivity index (χ1n) is 7.73. The van der Waals surface area contributed by atoms with Crippen LogP contribution in [0.5, 0.6) is 0 Å². The molecule has 1 aromatic heterocycles. The molecule has 3 rings (SSSR count). The van der Waals surface area contributed by atoms with Crippen molar-refractivity contribution >= 4 is 16.8 Å². The monoisotopic (exact) mass is 286 g/mol. The molecule has 1 aromatic carbocycles. The molecule has 112 valence electrons. The molecule has 0 bridgehead atoms. The minimum absolute atomic E-state index is 0.0985. The summed E-state index contributed by atoms with van der Waals surface area (Å²) in [5.41, 5.74) is 1.64. The topological polar surface area (TPSA) is 61.0 Å². The first kappa shape index (κ1) is 14.1.